The molecule has 2 rings (SSSR count). The highest BCUT2D eigenvalue weighted by atomic mass is 32.2. The highest BCUT2D eigenvalue weighted by Crippen LogP contribution is 2.34. The summed E-state index contributed by atoms with van der Waals surface area (Å²) < 4.78 is 23.3. The molecule has 1 heterocycles. The van der Waals surface area contributed by atoms with Gasteiger partial charge in [0.25, 0.3) is 0 Å². The highest BCUT2D eigenvalue weighted by Gasteiger charge is 2.32. The third kappa shape index (κ3) is 1.95. The summed E-state index contributed by atoms with van der Waals surface area (Å²) in [6, 6.07) is 6.09. The van der Waals surface area contributed by atoms with E-state index >= 15 is 0 Å². The Hall–Kier alpha value is -1.36. The summed E-state index contributed by atoms with van der Waals surface area (Å²) in [6.07, 6.45) is 1.32. The molecule has 5 heteroatoms. The van der Waals surface area contributed by atoms with Crippen LogP contribution in [0.25, 0.3) is 0 Å². The molecule has 1 aromatic carbocycles. The van der Waals surface area contributed by atoms with Gasteiger partial charge in [0.15, 0.2) is 9.84 Å². The van der Waals surface area contributed by atoms with E-state index in [4.69, 9.17) is 5.11 Å². The molecule has 1 N–H and O–H groups in total. The Balaban J connectivity index is 2.32. The quantitative estimate of drug-likeness (QED) is 0.852. The lowest BCUT2D eigenvalue weighted by atomic mass is 10.1. The van der Waals surface area contributed by atoms with E-state index < -0.39 is 21.1 Å². The fourth-order valence-corrected chi connectivity index (χ4v) is 3.96. The van der Waals surface area contributed by atoms with Gasteiger partial charge in [0.05, 0.1) is 16.6 Å². The van der Waals surface area contributed by atoms with Crippen molar-refractivity contribution in [1.29, 1.82) is 0 Å². The molecule has 16 heavy (non-hydrogen) atoms. The van der Waals surface area contributed by atoms with Crippen LogP contribution in [0.4, 0.5) is 0 Å². The Morgan fingerprint density at radius 3 is 2.31 bits per heavy atom. The molecule has 0 aromatic heterocycles. The van der Waals surface area contributed by atoms with Crippen LogP contribution in [0.3, 0.4) is 0 Å². The third-order valence-corrected chi connectivity index (χ3v) is 5.09. The maximum absolute atomic E-state index is 11.7. The molecule has 1 saturated heterocycles. The maximum Gasteiger partial charge on any atom is 0.335 e. The van der Waals surface area contributed by atoms with Crippen LogP contribution in [0, 0.1) is 0 Å². The number of carbonyl (C=O) groups is 1. The summed E-state index contributed by atoms with van der Waals surface area (Å²) in [6.45, 7) is 0. The monoisotopic (exact) mass is 240 g/mol. The van der Waals surface area contributed by atoms with Gasteiger partial charge >= 0.3 is 5.97 Å². The summed E-state index contributed by atoms with van der Waals surface area (Å²) >= 11 is 0. The fraction of sp³-hybridized carbons (Fsp3) is 0.364. The van der Waals surface area contributed by atoms with E-state index in [0.717, 1.165) is 0 Å². The number of carboxylic acids is 1. The van der Waals surface area contributed by atoms with Gasteiger partial charge in [0.2, 0.25) is 0 Å². The molecule has 4 nitrogen and oxygen atoms in total. The second-order valence-electron chi connectivity index (χ2n) is 3.93. The van der Waals surface area contributed by atoms with Crippen LogP contribution in [-0.4, -0.2) is 25.2 Å². The standard InChI is InChI=1S/C11H12O4S/c12-11(13)9-5-3-8(4-6-9)10-2-1-7-16(10,14)15/h3-6,10H,1-2,7H2,(H,12,13). The van der Waals surface area contributed by atoms with Crippen LogP contribution in [0.5, 0.6) is 0 Å². The van der Waals surface area contributed by atoms with Crippen molar-refractivity contribution < 1.29 is 18.3 Å². The predicted molar refractivity (Wildman–Crippen MR) is 59.2 cm³/mol. The first-order valence-electron chi connectivity index (χ1n) is 5.05. The maximum atomic E-state index is 11.7. The largest absolute Gasteiger partial charge is 0.478 e. The van der Waals surface area contributed by atoms with Crippen LogP contribution in [0.1, 0.15) is 34.0 Å². The van der Waals surface area contributed by atoms with Crippen LogP contribution in [0.15, 0.2) is 24.3 Å². The number of rotatable bonds is 2. The fourth-order valence-electron chi connectivity index (χ4n) is 2.01. The average molecular weight is 240 g/mol. The van der Waals surface area contributed by atoms with Crippen molar-refractivity contribution >= 4 is 15.8 Å². The zero-order chi connectivity index (χ0) is 11.8. The molecule has 1 fully saturated rings. The lowest BCUT2D eigenvalue weighted by Gasteiger charge is -2.09. The lowest BCUT2D eigenvalue weighted by molar-refractivity contribution is 0.0697. The summed E-state index contributed by atoms with van der Waals surface area (Å²) in [7, 11) is -3.02. The molecule has 0 saturated carbocycles. The van der Waals surface area contributed by atoms with Crippen LogP contribution < -0.4 is 0 Å². The summed E-state index contributed by atoms with van der Waals surface area (Å²) in [4.78, 5) is 10.6. The number of hydrogen-bond acceptors (Lipinski definition) is 3. The molecule has 0 amide bonds. The Labute approximate surface area is 93.8 Å². The van der Waals surface area contributed by atoms with Gasteiger partial charge in [0, 0.05) is 0 Å². The van der Waals surface area contributed by atoms with Crippen LogP contribution >= 0.6 is 0 Å². The Morgan fingerprint density at radius 1 is 1.25 bits per heavy atom. The van der Waals surface area contributed by atoms with Crippen LogP contribution in [-0.2, 0) is 9.84 Å². The molecule has 0 radical (unpaired) electrons. The number of hydrogen-bond donors (Lipinski definition) is 1. The minimum atomic E-state index is -3.02. The van der Waals surface area contributed by atoms with Crippen molar-refractivity contribution in [3.8, 4) is 0 Å². The van der Waals surface area contributed by atoms with Crippen molar-refractivity contribution in [2.75, 3.05) is 5.75 Å². The number of carboxylic acid groups (broad SMARTS) is 1. The van der Waals surface area contributed by atoms with Gasteiger partial charge in [-0.25, -0.2) is 13.2 Å². The van der Waals surface area contributed by atoms with E-state index in [0.29, 0.717) is 18.4 Å². The zero-order valence-electron chi connectivity index (χ0n) is 8.59. The normalized spacial score (nSPS) is 23.1. The SMILES string of the molecule is O=C(O)c1ccc(C2CCCS2(=O)=O)cc1. The Morgan fingerprint density at radius 2 is 1.88 bits per heavy atom. The van der Waals surface area contributed by atoms with Crippen LogP contribution in [0.2, 0.25) is 0 Å². The lowest BCUT2D eigenvalue weighted by Crippen LogP contribution is -2.08. The zero-order valence-corrected chi connectivity index (χ0v) is 9.40. The van der Waals surface area contributed by atoms with Gasteiger partial charge in [-0.1, -0.05) is 12.1 Å². The molecule has 1 aliphatic heterocycles. The molecular formula is C11H12O4S. The van der Waals surface area contributed by atoms with E-state index in [1.165, 1.54) is 12.1 Å². The topological polar surface area (TPSA) is 71.4 Å². The Kier molecular flexibility index (Phi) is 2.71. The number of aromatic carboxylic acids is 1. The van der Waals surface area contributed by atoms with E-state index in [9.17, 15) is 13.2 Å². The van der Waals surface area contributed by atoms with Crippen molar-refractivity contribution in [1.82, 2.24) is 0 Å². The number of benzene rings is 1. The van der Waals surface area contributed by atoms with E-state index in [1.807, 2.05) is 0 Å². The molecule has 1 atom stereocenters. The minimum absolute atomic E-state index is 0.180. The highest BCUT2D eigenvalue weighted by molar-refractivity contribution is 7.91. The summed E-state index contributed by atoms with van der Waals surface area (Å²) in [5, 5.41) is 8.28. The van der Waals surface area contributed by atoms with Crippen molar-refractivity contribution in [2.45, 2.75) is 18.1 Å². The molecule has 0 aliphatic carbocycles. The number of sulfone groups is 1. The molecule has 0 spiro atoms. The molecule has 1 unspecified atom stereocenters. The first kappa shape index (κ1) is 11.1. The van der Waals surface area contributed by atoms with Crippen molar-refractivity contribution in [3.63, 3.8) is 0 Å². The first-order chi connectivity index (χ1) is 7.50. The summed E-state index contributed by atoms with van der Waals surface area (Å²) in [5.74, 6) is -0.765. The van der Waals surface area contributed by atoms with E-state index in [1.54, 1.807) is 12.1 Å². The van der Waals surface area contributed by atoms with Gasteiger partial charge in [-0.3, -0.25) is 0 Å². The second kappa shape index (κ2) is 3.90. The molecule has 0 bridgehead atoms. The molecule has 1 aliphatic rings. The molecular weight excluding hydrogens is 228 g/mol. The van der Waals surface area contributed by atoms with Crippen molar-refractivity contribution in [2.24, 2.45) is 0 Å². The smallest absolute Gasteiger partial charge is 0.335 e. The van der Waals surface area contributed by atoms with Gasteiger partial charge in [0.1, 0.15) is 0 Å². The average Bonchev–Trinajstić information content (AvgIpc) is 2.58. The minimum Gasteiger partial charge on any atom is -0.478 e. The first-order valence-corrected chi connectivity index (χ1v) is 6.77. The van der Waals surface area contributed by atoms with Gasteiger partial charge in [-0.15, -0.1) is 0 Å². The molecule has 1 aromatic rings. The molecule has 86 valence electrons. The second-order valence-corrected chi connectivity index (χ2v) is 6.23. The van der Waals surface area contributed by atoms with E-state index in [-0.39, 0.29) is 11.3 Å². The van der Waals surface area contributed by atoms with Crippen molar-refractivity contribution in [3.05, 3.63) is 35.4 Å². The summed E-state index contributed by atoms with van der Waals surface area (Å²) in [5.41, 5.74) is 0.877. The predicted octanol–water partition coefficient (Wildman–Crippen LogP) is 1.63. The van der Waals surface area contributed by atoms with Gasteiger partial charge < -0.3 is 5.11 Å². The van der Waals surface area contributed by atoms with Gasteiger partial charge in [-0.05, 0) is 30.5 Å². The van der Waals surface area contributed by atoms with E-state index in [2.05, 4.69) is 0 Å². The third-order valence-electron chi connectivity index (χ3n) is 2.86. The van der Waals surface area contributed by atoms with Gasteiger partial charge in [-0.2, -0.15) is 0 Å². The Bertz CT molecular complexity index is 501.